The Kier molecular flexibility index (Phi) is 4.19. The number of methoxy groups -OCH3 is 1. The van der Waals surface area contributed by atoms with Gasteiger partial charge in [0.15, 0.2) is 0 Å². The number of nitro benzene ring substituents is 1. The molecule has 0 radical (unpaired) electrons. The second kappa shape index (κ2) is 5.87. The molecule has 108 valence electrons. The van der Waals surface area contributed by atoms with E-state index >= 15 is 0 Å². The number of benzene rings is 1. The molecule has 1 aliphatic rings. The standard InChI is InChI=1S/C13H16N2O5/c1-20-9-4-3-7-14(8-9)13(17)10-5-2-6-11(12(10)16)15(18)19/h2,5-6,9,16H,3-4,7-8H2,1H3. The minimum absolute atomic E-state index is 0.0338. The number of carbonyl (C=O) groups excluding carboxylic acids is 1. The molecule has 1 aromatic carbocycles. The number of phenols is 1. The number of nitrogens with zero attached hydrogens (tertiary/aromatic N) is 2. The van der Waals surface area contributed by atoms with Gasteiger partial charge in [0.05, 0.1) is 16.6 Å². The smallest absolute Gasteiger partial charge is 0.311 e. The van der Waals surface area contributed by atoms with E-state index in [9.17, 15) is 20.0 Å². The molecule has 0 bridgehead atoms. The Bertz CT molecular complexity index is 531. The van der Waals surface area contributed by atoms with Crippen molar-refractivity contribution >= 4 is 11.6 Å². The predicted molar refractivity (Wildman–Crippen MR) is 70.7 cm³/mol. The van der Waals surface area contributed by atoms with Gasteiger partial charge in [-0.25, -0.2) is 0 Å². The number of hydrogen-bond acceptors (Lipinski definition) is 5. The van der Waals surface area contributed by atoms with Gasteiger partial charge in [-0.15, -0.1) is 0 Å². The molecule has 1 heterocycles. The summed E-state index contributed by atoms with van der Waals surface area (Å²) >= 11 is 0. The van der Waals surface area contributed by atoms with Gasteiger partial charge in [-0.05, 0) is 18.9 Å². The maximum atomic E-state index is 12.3. The van der Waals surface area contributed by atoms with Crippen molar-refractivity contribution in [3.05, 3.63) is 33.9 Å². The molecule has 7 heteroatoms. The maximum absolute atomic E-state index is 12.3. The molecular formula is C13H16N2O5. The van der Waals surface area contributed by atoms with Crippen LogP contribution in [0.2, 0.25) is 0 Å². The van der Waals surface area contributed by atoms with E-state index in [1.54, 1.807) is 12.0 Å². The number of likely N-dealkylation sites (tertiary alicyclic amines) is 1. The molecule has 0 spiro atoms. The predicted octanol–water partition coefficient (Wildman–Crippen LogP) is 1.55. The quantitative estimate of drug-likeness (QED) is 0.669. The number of nitro groups is 1. The van der Waals surface area contributed by atoms with Crippen LogP contribution in [-0.4, -0.2) is 47.1 Å². The zero-order valence-corrected chi connectivity index (χ0v) is 11.1. The van der Waals surface area contributed by atoms with E-state index in [-0.39, 0.29) is 11.7 Å². The number of amides is 1. The molecule has 1 saturated heterocycles. The number of piperidine rings is 1. The van der Waals surface area contributed by atoms with Crippen LogP contribution in [0.25, 0.3) is 0 Å². The van der Waals surface area contributed by atoms with Crippen molar-refractivity contribution in [2.45, 2.75) is 18.9 Å². The highest BCUT2D eigenvalue weighted by Crippen LogP contribution is 2.30. The van der Waals surface area contributed by atoms with E-state index in [0.717, 1.165) is 12.8 Å². The summed E-state index contributed by atoms with van der Waals surface area (Å²) in [7, 11) is 1.59. The van der Waals surface area contributed by atoms with Crippen molar-refractivity contribution in [3.8, 4) is 5.75 Å². The molecule has 2 rings (SSSR count). The van der Waals surface area contributed by atoms with Crippen LogP contribution in [-0.2, 0) is 4.74 Å². The van der Waals surface area contributed by atoms with E-state index in [4.69, 9.17) is 4.74 Å². The normalized spacial score (nSPS) is 18.9. The van der Waals surface area contributed by atoms with Gasteiger partial charge >= 0.3 is 5.69 Å². The number of phenolic OH excluding ortho intramolecular Hbond substituents is 1. The summed E-state index contributed by atoms with van der Waals surface area (Å²) in [6.07, 6.45) is 1.65. The van der Waals surface area contributed by atoms with Gasteiger partial charge in [-0.3, -0.25) is 14.9 Å². The number of carbonyl (C=O) groups is 1. The monoisotopic (exact) mass is 280 g/mol. The zero-order valence-electron chi connectivity index (χ0n) is 11.1. The first kappa shape index (κ1) is 14.3. The average molecular weight is 280 g/mol. The summed E-state index contributed by atoms with van der Waals surface area (Å²) in [6, 6.07) is 3.95. The SMILES string of the molecule is COC1CCCN(C(=O)c2cccc([N+](=O)[O-])c2O)C1. The van der Waals surface area contributed by atoms with E-state index < -0.39 is 22.3 Å². The van der Waals surface area contributed by atoms with Crippen LogP contribution in [0, 0.1) is 10.1 Å². The van der Waals surface area contributed by atoms with E-state index in [0.29, 0.717) is 13.1 Å². The molecule has 1 atom stereocenters. The van der Waals surface area contributed by atoms with Crippen molar-refractivity contribution in [1.82, 2.24) is 4.90 Å². The second-order valence-corrected chi connectivity index (χ2v) is 4.68. The first-order valence-corrected chi connectivity index (χ1v) is 6.33. The molecule has 0 saturated carbocycles. The molecule has 1 N–H and O–H groups in total. The summed E-state index contributed by atoms with van der Waals surface area (Å²) in [6.45, 7) is 0.984. The highest BCUT2D eigenvalue weighted by molar-refractivity contribution is 5.98. The largest absolute Gasteiger partial charge is 0.502 e. The highest BCUT2D eigenvalue weighted by atomic mass is 16.6. The Balaban J connectivity index is 2.25. The molecule has 0 aliphatic carbocycles. The zero-order chi connectivity index (χ0) is 14.7. The third-order valence-corrected chi connectivity index (χ3v) is 3.44. The van der Waals surface area contributed by atoms with Gasteiger partial charge in [-0.2, -0.15) is 0 Å². The third-order valence-electron chi connectivity index (χ3n) is 3.44. The molecule has 1 amide bonds. The Morgan fingerprint density at radius 1 is 1.55 bits per heavy atom. The van der Waals surface area contributed by atoms with E-state index in [1.807, 2.05) is 0 Å². The van der Waals surface area contributed by atoms with Crippen molar-refractivity contribution in [2.75, 3.05) is 20.2 Å². The second-order valence-electron chi connectivity index (χ2n) is 4.68. The van der Waals surface area contributed by atoms with Crippen LogP contribution in [0.15, 0.2) is 18.2 Å². The molecule has 1 fully saturated rings. The summed E-state index contributed by atoms with van der Waals surface area (Å²) in [5, 5.41) is 20.6. The van der Waals surface area contributed by atoms with E-state index in [2.05, 4.69) is 0 Å². The fourth-order valence-electron chi connectivity index (χ4n) is 2.34. The molecule has 1 aromatic rings. The molecular weight excluding hydrogens is 264 g/mol. The van der Waals surface area contributed by atoms with Crippen LogP contribution in [0.3, 0.4) is 0 Å². The Morgan fingerprint density at radius 2 is 2.30 bits per heavy atom. The topological polar surface area (TPSA) is 92.9 Å². The van der Waals surface area contributed by atoms with Gasteiger partial charge in [0.25, 0.3) is 5.91 Å². The fourth-order valence-corrected chi connectivity index (χ4v) is 2.34. The van der Waals surface area contributed by atoms with Gasteiger partial charge in [0.2, 0.25) is 5.75 Å². The summed E-state index contributed by atoms with van der Waals surface area (Å²) in [5.41, 5.74) is -0.507. The molecule has 1 aliphatic heterocycles. The van der Waals surface area contributed by atoms with Crippen LogP contribution in [0.4, 0.5) is 5.69 Å². The van der Waals surface area contributed by atoms with Crippen LogP contribution in [0.5, 0.6) is 5.75 Å². The number of rotatable bonds is 3. The lowest BCUT2D eigenvalue weighted by atomic mass is 10.1. The van der Waals surface area contributed by atoms with Gasteiger partial charge in [0, 0.05) is 26.3 Å². The highest BCUT2D eigenvalue weighted by Gasteiger charge is 2.28. The first-order valence-electron chi connectivity index (χ1n) is 6.33. The lowest BCUT2D eigenvalue weighted by molar-refractivity contribution is -0.385. The summed E-state index contributed by atoms with van der Waals surface area (Å²) in [4.78, 5) is 24.0. The Hall–Kier alpha value is -2.15. The fraction of sp³-hybridized carbons (Fsp3) is 0.462. The number of ether oxygens (including phenoxy) is 1. The summed E-state index contributed by atoms with van der Waals surface area (Å²) < 4.78 is 5.23. The lowest BCUT2D eigenvalue weighted by Gasteiger charge is -2.32. The van der Waals surface area contributed by atoms with Crippen molar-refractivity contribution in [1.29, 1.82) is 0 Å². The summed E-state index contributed by atoms with van der Waals surface area (Å²) in [5.74, 6) is -0.991. The number of aromatic hydroxyl groups is 1. The lowest BCUT2D eigenvalue weighted by Crippen LogP contribution is -2.42. The van der Waals surface area contributed by atoms with Crippen LogP contribution >= 0.6 is 0 Å². The minimum Gasteiger partial charge on any atom is -0.502 e. The Morgan fingerprint density at radius 3 is 2.95 bits per heavy atom. The third kappa shape index (κ3) is 2.72. The minimum atomic E-state index is -0.708. The van der Waals surface area contributed by atoms with Crippen molar-refractivity contribution < 1.29 is 19.6 Å². The molecule has 20 heavy (non-hydrogen) atoms. The van der Waals surface area contributed by atoms with Crippen LogP contribution < -0.4 is 0 Å². The first-order chi connectivity index (χ1) is 9.54. The van der Waals surface area contributed by atoms with Gasteiger partial charge < -0.3 is 14.7 Å². The maximum Gasteiger partial charge on any atom is 0.311 e. The van der Waals surface area contributed by atoms with Crippen LogP contribution in [0.1, 0.15) is 23.2 Å². The van der Waals surface area contributed by atoms with Gasteiger partial charge in [0.1, 0.15) is 0 Å². The number of hydrogen-bond donors (Lipinski definition) is 1. The molecule has 7 nitrogen and oxygen atoms in total. The molecule has 0 aromatic heterocycles. The van der Waals surface area contributed by atoms with E-state index in [1.165, 1.54) is 18.2 Å². The van der Waals surface area contributed by atoms with Gasteiger partial charge in [-0.1, -0.05) is 6.07 Å². The van der Waals surface area contributed by atoms with Crippen molar-refractivity contribution in [3.63, 3.8) is 0 Å². The number of para-hydroxylation sites is 1. The molecule has 1 unspecified atom stereocenters. The Labute approximate surface area is 115 Å². The average Bonchev–Trinajstić information content (AvgIpc) is 2.46. The van der Waals surface area contributed by atoms with Crippen molar-refractivity contribution in [2.24, 2.45) is 0 Å².